The zero-order valence-corrected chi connectivity index (χ0v) is 14.5. The van der Waals surface area contributed by atoms with Crippen LogP contribution in [0.25, 0.3) is 0 Å². The highest BCUT2D eigenvalue weighted by Gasteiger charge is 2.26. The Bertz CT molecular complexity index is 546. The lowest BCUT2D eigenvalue weighted by Gasteiger charge is -2.33. The van der Waals surface area contributed by atoms with E-state index >= 15 is 0 Å². The fourth-order valence-corrected chi connectivity index (χ4v) is 2.66. The van der Waals surface area contributed by atoms with Crippen molar-refractivity contribution in [1.29, 1.82) is 0 Å². The van der Waals surface area contributed by atoms with Crippen molar-refractivity contribution in [1.82, 2.24) is 4.90 Å². The van der Waals surface area contributed by atoms with Gasteiger partial charge in [-0.15, -0.1) is 0 Å². The topological polar surface area (TPSA) is 41.6 Å². The molecule has 23 heavy (non-hydrogen) atoms. The van der Waals surface area contributed by atoms with Gasteiger partial charge in [0, 0.05) is 19.6 Å². The fraction of sp³-hybridized carbons (Fsp3) is 0.611. The fourth-order valence-electron chi connectivity index (χ4n) is 2.66. The number of piperidine rings is 1. The Morgan fingerprint density at radius 3 is 2.57 bits per heavy atom. The third-order valence-electron chi connectivity index (χ3n) is 3.97. The first-order chi connectivity index (χ1) is 10.7. The van der Waals surface area contributed by atoms with E-state index in [0.717, 1.165) is 24.9 Å². The summed E-state index contributed by atoms with van der Waals surface area (Å²) in [7, 11) is 0. The summed E-state index contributed by atoms with van der Waals surface area (Å²) in [6.07, 6.45) is 1.56. The first-order valence-electron chi connectivity index (χ1n) is 8.22. The molecule has 1 saturated heterocycles. The number of aryl methyl sites for hydroxylation is 1. The number of amides is 1. The first-order valence-corrected chi connectivity index (χ1v) is 8.22. The van der Waals surface area contributed by atoms with Gasteiger partial charge in [0.15, 0.2) is 0 Å². The molecule has 1 aliphatic rings. The molecule has 0 radical (unpaired) electrons. The molecule has 1 aromatic rings. The summed E-state index contributed by atoms with van der Waals surface area (Å²) in [5.41, 5.74) is 1.00. The SMILES string of the molecule is Cc1ccc(NCC2CCN(C(=O)OC(C)(C)C)CC2)c(F)c1. The van der Waals surface area contributed by atoms with E-state index in [1.54, 1.807) is 11.0 Å². The number of nitrogens with one attached hydrogen (secondary N) is 1. The van der Waals surface area contributed by atoms with Crippen LogP contribution in [0.4, 0.5) is 14.9 Å². The number of hydrogen-bond acceptors (Lipinski definition) is 3. The molecule has 1 N–H and O–H groups in total. The Morgan fingerprint density at radius 2 is 2.00 bits per heavy atom. The average Bonchev–Trinajstić information content (AvgIpc) is 2.45. The number of nitrogens with zero attached hydrogens (tertiary/aromatic N) is 1. The number of anilines is 1. The van der Waals surface area contributed by atoms with Crippen molar-refractivity contribution in [2.75, 3.05) is 25.0 Å². The van der Waals surface area contributed by atoms with Crippen molar-refractivity contribution < 1.29 is 13.9 Å². The van der Waals surface area contributed by atoms with E-state index in [0.29, 0.717) is 24.7 Å². The van der Waals surface area contributed by atoms with Gasteiger partial charge >= 0.3 is 6.09 Å². The molecule has 2 rings (SSSR count). The predicted molar refractivity (Wildman–Crippen MR) is 90.2 cm³/mol. The number of likely N-dealkylation sites (tertiary alicyclic amines) is 1. The van der Waals surface area contributed by atoms with Crippen molar-refractivity contribution in [2.24, 2.45) is 5.92 Å². The van der Waals surface area contributed by atoms with Crippen LogP contribution >= 0.6 is 0 Å². The molecular formula is C18H27FN2O2. The lowest BCUT2D eigenvalue weighted by atomic mass is 9.97. The second kappa shape index (κ2) is 7.20. The highest BCUT2D eigenvalue weighted by Crippen LogP contribution is 2.21. The first kappa shape index (κ1) is 17.6. The van der Waals surface area contributed by atoms with Crippen LogP contribution in [0.5, 0.6) is 0 Å². The zero-order valence-electron chi connectivity index (χ0n) is 14.5. The maximum atomic E-state index is 13.8. The van der Waals surface area contributed by atoms with E-state index in [-0.39, 0.29) is 11.9 Å². The number of benzene rings is 1. The second-order valence-corrected chi connectivity index (χ2v) is 7.27. The van der Waals surface area contributed by atoms with Crippen LogP contribution in [-0.2, 0) is 4.74 Å². The number of rotatable bonds is 3. The average molecular weight is 322 g/mol. The second-order valence-electron chi connectivity index (χ2n) is 7.27. The number of carbonyl (C=O) groups excluding carboxylic acids is 1. The lowest BCUT2D eigenvalue weighted by molar-refractivity contribution is 0.0188. The summed E-state index contributed by atoms with van der Waals surface area (Å²) in [6.45, 7) is 9.60. The number of hydrogen-bond donors (Lipinski definition) is 1. The van der Waals surface area contributed by atoms with Gasteiger partial charge < -0.3 is 15.0 Å². The van der Waals surface area contributed by atoms with Crippen LogP contribution in [-0.4, -0.2) is 36.2 Å². The monoisotopic (exact) mass is 322 g/mol. The number of halogens is 1. The van der Waals surface area contributed by atoms with E-state index in [9.17, 15) is 9.18 Å². The summed E-state index contributed by atoms with van der Waals surface area (Å²) in [5, 5.41) is 3.18. The maximum Gasteiger partial charge on any atom is 0.410 e. The van der Waals surface area contributed by atoms with Crippen LogP contribution < -0.4 is 5.32 Å². The quantitative estimate of drug-likeness (QED) is 0.907. The number of ether oxygens (including phenoxy) is 1. The van der Waals surface area contributed by atoms with Gasteiger partial charge in [0.05, 0.1) is 5.69 Å². The Balaban J connectivity index is 1.77. The summed E-state index contributed by atoms with van der Waals surface area (Å²) >= 11 is 0. The van der Waals surface area contributed by atoms with Crippen LogP contribution in [0, 0.1) is 18.7 Å². The predicted octanol–water partition coefficient (Wildman–Crippen LogP) is 4.19. The summed E-state index contributed by atoms with van der Waals surface area (Å²) < 4.78 is 19.2. The molecule has 0 saturated carbocycles. The van der Waals surface area contributed by atoms with Crippen LogP contribution in [0.15, 0.2) is 18.2 Å². The Labute approximate surface area is 138 Å². The minimum atomic E-state index is -0.460. The number of carbonyl (C=O) groups is 1. The van der Waals surface area contributed by atoms with Gasteiger partial charge in [-0.3, -0.25) is 0 Å². The molecule has 5 heteroatoms. The molecule has 0 bridgehead atoms. The van der Waals surface area contributed by atoms with E-state index in [1.165, 1.54) is 6.07 Å². The van der Waals surface area contributed by atoms with Crippen molar-refractivity contribution in [3.05, 3.63) is 29.6 Å². The Morgan fingerprint density at radius 1 is 1.35 bits per heavy atom. The van der Waals surface area contributed by atoms with Gasteiger partial charge in [0.2, 0.25) is 0 Å². The van der Waals surface area contributed by atoms with Gasteiger partial charge in [0.1, 0.15) is 11.4 Å². The lowest BCUT2D eigenvalue weighted by Crippen LogP contribution is -2.42. The molecular weight excluding hydrogens is 295 g/mol. The molecule has 0 aliphatic carbocycles. The molecule has 0 aromatic heterocycles. The summed E-state index contributed by atoms with van der Waals surface area (Å²) in [6, 6.07) is 5.21. The molecule has 0 unspecified atom stereocenters. The van der Waals surface area contributed by atoms with Gasteiger partial charge in [0.25, 0.3) is 0 Å². The molecule has 0 spiro atoms. The zero-order chi connectivity index (χ0) is 17.0. The highest BCUT2D eigenvalue weighted by atomic mass is 19.1. The minimum absolute atomic E-state index is 0.212. The molecule has 4 nitrogen and oxygen atoms in total. The van der Waals surface area contributed by atoms with Crippen LogP contribution in [0.1, 0.15) is 39.2 Å². The van der Waals surface area contributed by atoms with E-state index in [2.05, 4.69) is 5.32 Å². The molecule has 128 valence electrons. The van der Waals surface area contributed by atoms with Crippen LogP contribution in [0.2, 0.25) is 0 Å². The van der Waals surface area contributed by atoms with Crippen molar-refractivity contribution in [3.63, 3.8) is 0 Å². The molecule has 0 atom stereocenters. The molecule has 1 aromatic carbocycles. The molecule has 1 fully saturated rings. The highest BCUT2D eigenvalue weighted by molar-refractivity contribution is 5.68. The Kier molecular flexibility index (Phi) is 5.50. The Hall–Kier alpha value is -1.78. The standard InChI is InChI=1S/C18H27FN2O2/c1-13-5-6-16(15(19)11-13)20-12-14-7-9-21(10-8-14)17(22)23-18(2,3)4/h5-6,11,14,20H,7-10,12H2,1-4H3. The van der Waals surface area contributed by atoms with Crippen molar-refractivity contribution >= 4 is 11.8 Å². The van der Waals surface area contributed by atoms with Crippen molar-refractivity contribution in [2.45, 2.75) is 46.1 Å². The molecule has 1 aliphatic heterocycles. The molecule has 1 heterocycles. The van der Waals surface area contributed by atoms with Gasteiger partial charge in [-0.2, -0.15) is 0 Å². The summed E-state index contributed by atoms with van der Waals surface area (Å²) in [4.78, 5) is 13.8. The minimum Gasteiger partial charge on any atom is -0.444 e. The summed E-state index contributed by atoms with van der Waals surface area (Å²) in [5.74, 6) is 0.227. The third-order valence-corrected chi connectivity index (χ3v) is 3.97. The van der Waals surface area contributed by atoms with E-state index < -0.39 is 5.60 Å². The molecule has 1 amide bonds. The van der Waals surface area contributed by atoms with E-state index in [4.69, 9.17) is 4.74 Å². The van der Waals surface area contributed by atoms with Crippen molar-refractivity contribution in [3.8, 4) is 0 Å². The normalized spacial score (nSPS) is 16.3. The van der Waals surface area contributed by atoms with Crippen LogP contribution in [0.3, 0.4) is 0 Å². The smallest absolute Gasteiger partial charge is 0.410 e. The van der Waals surface area contributed by atoms with Gasteiger partial charge in [-0.1, -0.05) is 6.07 Å². The van der Waals surface area contributed by atoms with E-state index in [1.807, 2.05) is 33.8 Å². The van der Waals surface area contributed by atoms with Gasteiger partial charge in [-0.25, -0.2) is 9.18 Å². The largest absolute Gasteiger partial charge is 0.444 e. The third kappa shape index (κ3) is 5.41. The van der Waals surface area contributed by atoms with Gasteiger partial charge in [-0.05, 0) is 64.2 Å². The maximum absolute atomic E-state index is 13.8.